The van der Waals surface area contributed by atoms with Crippen molar-refractivity contribution in [3.63, 3.8) is 0 Å². The molecule has 3 aliphatic rings. The number of hydrogen-bond donors (Lipinski definition) is 0. The van der Waals surface area contributed by atoms with Crippen LogP contribution in [0.1, 0.15) is 0 Å². The third-order valence-electron chi connectivity index (χ3n) is 28.6. The van der Waals surface area contributed by atoms with Crippen LogP contribution in [0.2, 0.25) is 0 Å². The average Bonchev–Trinajstić information content (AvgIpc) is 1.56. The van der Waals surface area contributed by atoms with Crippen molar-refractivity contribution in [2.45, 2.75) is 0 Å². The average molecular weight is 1680 g/mol. The largest absolute Gasteiger partial charge is 0.456 e. The summed E-state index contributed by atoms with van der Waals surface area (Å²) in [4.78, 5) is 0. The van der Waals surface area contributed by atoms with Gasteiger partial charge in [-0.15, -0.1) is 0 Å². The number of rotatable bonds is 9. The van der Waals surface area contributed by atoms with Gasteiger partial charge in [-0.2, -0.15) is 0 Å². The summed E-state index contributed by atoms with van der Waals surface area (Å²) < 4.78 is 6.06. The highest BCUT2D eigenvalue weighted by Gasteiger charge is 2.31. The van der Waals surface area contributed by atoms with Crippen molar-refractivity contribution in [2.75, 3.05) is 0 Å². The Morgan fingerprint density at radius 2 is 0.421 bits per heavy atom. The number of furan rings is 1. The van der Waals surface area contributed by atoms with Gasteiger partial charge in [-0.3, -0.25) is 0 Å². The molecule has 1 aromatic heterocycles. The van der Waals surface area contributed by atoms with Gasteiger partial charge in [0.15, 0.2) is 0 Å². The Morgan fingerprint density at radius 3 is 1.02 bits per heavy atom. The van der Waals surface area contributed by atoms with Crippen molar-refractivity contribution in [3.8, 4) is 167 Å². The van der Waals surface area contributed by atoms with E-state index < -0.39 is 0 Å². The monoisotopic (exact) mass is 1680 g/mol. The number of benzene rings is 25. The lowest BCUT2D eigenvalue weighted by Crippen LogP contribution is -1.88. The summed E-state index contributed by atoms with van der Waals surface area (Å²) in [6, 6.07) is 178. The first-order chi connectivity index (χ1) is 66.0. The van der Waals surface area contributed by atoms with Crippen LogP contribution in [0.5, 0.6) is 0 Å². The highest BCUT2D eigenvalue weighted by atomic mass is 16.3. The molecule has 1 heteroatoms. The second-order valence-electron chi connectivity index (χ2n) is 35.8. The second kappa shape index (κ2) is 30.7. The van der Waals surface area contributed by atoms with Gasteiger partial charge >= 0.3 is 0 Å². The fourth-order valence-corrected chi connectivity index (χ4v) is 22.5. The zero-order valence-corrected chi connectivity index (χ0v) is 72.6. The number of hydrogen-bond acceptors (Lipinski definition) is 1. The third-order valence-corrected chi connectivity index (χ3v) is 28.6. The maximum atomic E-state index is 6.06. The van der Waals surface area contributed by atoms with Crippen molar-refractivity contribution < 1.29 is 4.42 Å². The van der Waals surface area contributed by atoms with Crippen molar-refractivity contribution in [3.05, 3.63) is 485 Å². The van der Waals surface area contributed by atoms with Crippen LogP contribution in [0.25, 0.3) is 286 Å². The summed E-state index contributed by atoms with van der Waals surface area (Å²) in [5.41, 5.74) is 40.3. The van der Waals surface area contributed by atoms with Gasteiger partial charge in [0.2, 0.25) is 0 Å². The van der Waals surface area contributed by atoms with Crippen LogP contribution >= 0.6 is 0 Å². The van der Waals surface area contributed by atoms with E-state index in [4.69, 9.17) is 4.42 Å². The zero-order valence-electron chi connectivity index (χ0n) is 72.6. The number of fused-ring (bicyclic) bond motifs is 23. The van der Waals surface area contributed by atoms with E-state index >= 15 is 0 Å². The Labute approximate surface area is 770 Å². The maximum Gasteiger partial charge on any atom is 0.135 e. The predicted octanol–water partition coefficient (Wildman–Crippen LogP) is 37.3. The van der Waals surface area contributed by atoms with E-state index in [0.717, 1.165) is 21.9 Å². The topological polar surface area (TPSA) is 13.1 Å². The van der Waals surface area contributed by atoms with Crippen molar-refractivity contribution in [1.82, 2.24) is 0 Å². The van der Waals surface area contributed by atoms with Crippen LogP contribution < -0.4 is 0 Å². The molecule has 0 saturated carbocycles. The first kappa shape index (κ1) is 75.8. The van der Waals surface area contributed by atoms with Crippen molar-refractivity contribution in [2.24, 2.45) is 0 Å². The molecule has 0 aliphatic heterocycles. The summed E-state index contributed by atoms with van der Waals surface area (Å²) in [5, 5.41) is 25.9. The van der Waals surface area contributed by atoms with Gasteiger partial charge in [0.1, 0.15) is 11.2 Å². The molecule has 25 aromatic carbocycles. The molecule has 0 amide bonds. The molecule has 0 fully saturated rings. The Balaban J connectivity index is 0.000000102. The summed E-state index contributed by atoms with van der Waals surface area (Å²) in [6.07, 6.45) is 0. The lowest BCUT2D eigenvalue weighted by atomic mass is 9.89. The Morgan fingerprint density at radius 1 is 0.105 bits per heavy atom. The molecule has 29 rings (SSSR count). The van der Waals surface area contributed by atoms with E-state index in [1.54, 1.807) is 0 Å². The van der Waals surface area contributed by atoms with Gasteiger partial charge < -0.3 is 4.42 Å². The van der Waals surface area contributed by atoms with E-state index in [-0.39, 0.29) is 0 Å². The minimum Gasteiger partial charge on any atom is -0.456 e. The van der Waals surface area contributed by atoms with E-state index in [1.807, 2.05) is 12.1 Å². The molecule has 0 N–H and O–H groups in total. The highest BCUT2D eigenvalue weighted by Crippen LogP contribution is 2.58. The molecule has 0 radical (unpaired) electrons. The van der Waals surface area contributed by atoms with Gasteiger partial charge in [0.25, 0.3) is 0 Å². The number of para-hydroxylation sites is 1. The minimum atomic E-state index is 0.927. The van der Waals surface area contributed by atoms with Crippen LogP contribution in [-0.2, 0) is 0 Å². The fraction of sp³-hybridized carbons (Fsp3) is 0. The minimum absolute atomic E-state index is 0.927. The molecule has 26 aromatic rings. The van der Waals surface area contributed by atoms with E-state index in [2.05, 4.69) is 473 Å². The SMILES string of the molecule is c1ccc(-c2ccc3c(-c4cccc(-c5ccc6c7c(cccc57)-c5ccc7ccccc7c5-6)c4)cccc3c2)cc1.c1ccc(-c2cccc(-c3cc(-c4ccccc4)c4ccc(-c5ccc6c7c(cccc57)-c5ccc7ccccc7c5-6)cc4c3)c2)cc1.c1ccc2c(c1)oc1ccc(-c3ccc(-c4ccc5c6c(cccc46)-c4c-5c5ccccc5c5ccccc45)cc3)cc12. The molecular weight excluding hydrogens is 1600 g/mol. The van der Waals surface area contributed by atoms with Crippen molar-refractivity contribution >= 4 is 119 Å². The van der Waals surface area contributed by atoms with Crippen LogP contribution in [-0.4, -0.2) is 0 Å². The molecule has 0 spiro atoms. The second-order valence-corrected chi connectivity index (χ2v) is 35.8. The maximum absolute atomic E-state index is 6.06. The van der Waals surface area contributed by atoms with Crippen LogP contribution in [0.15, 0.2) is 490 Å². The molecule has 3 aliphatic carbocycles. The van der Waals surface area contributed by atoms with Gasteiger partial charge in [-0.1, -0.05) is 431 Å². The van der Waals surface area contributed by atoms with E-state index in [9.17, 15) is 0 Å². The van der Waals surface area contributed by atoms with Crippen LogP contribution in [0, 0.1) is 0 Å². The van der Waals surface area contributed by atoms with Crippen LogP contribution in [0.4, 0.5) is 0 Å². The Bertz CT molecular complexity index is 9290. The summed E-state index contributed by atoms with van der Waals surface area (Å²) >= 11 is 0. The Kier molecular flexibility index (Phi) is 17.5. The fourth-order valence-electron chi connectivity index (χ4n) is 22.5. The molecule has 0 bridgehead atoms. The lowest BCUT2D eigenvalue weighted by Gasteiger charge is -2.15. The highest BCUT2D eigenvalue weighted by molar-refractivity contribution is 6.32. The van der Waals surface area contributed by atoms with E-state index in [1.165, 1.54) is 264 Å². The molecule has 614 valence electrons. The first-order valence-corrected chi connectivity index (χ1v) is 46.1. The molecule has 0 saturated heterocycles. The molecule has 133 heavy (non-hydrogen) atoms. The standard InChI is InChI=1S/C48H30.C42H24O.C42H26/c1-3-11-31(12-4-1)34-16-9-17-35(27-34)37-29-38-28-36(22-23-40(38)46(30-37)32-13-5-2-6-14-32)39-25-26-45-47-41-18-8-7-15-33(41)21-24-44(47)43-20-10-19-42(39)48(43)45;1-3-11-33-29(8-1)30-9-2-4-12-34(30)42-36-22-21-28(32-13-7-14-35(40(32)36)41(33)42)26-18-16-25(17-19-26)27-20-23-39-37(24-27)31-10-5-6-15-38(31)43-39;1-2-9-27(10-3-1)29-20-21-34-30(25-29)14-7-16-33(34)31-12-6-13-32(26-31)35-23-24-40-41-36-15-5-4-11-28(36)19-22-39(41)38-18-8-17-37(35)42(38)40/h1-30H;1-24H;1-26H. The molecule has 1 nitrogen and oxygen atoms in total. The smallest absolute Gasteiger partial charge is 0.135 e. The summed E-state index contributed by atoms with van der Waals surface area (Å²) in [5.74, 6) is 0. The molecule has 0 atom stereocenters. The predicted molar refractivity (Wildman–Crippen MR) is 566 cm³/mol. The quantitative estimate of drug-likeness (QED) is 0.131. The van der Waals surface area contributed by atoms with Crippen LogP contribution in [0.3, 0.4) is 0 Å². The molecular formula is C132H80O. The summed E-state index contributed by atoms with van der Waals surface area (Å²) in [7, 11) is 0. The third kappa shape index (κ3) is 12.3. The van der Waals surface area contributed by atoms with Gasteiger partial charge in [0, 0.05) is 10.8 Å². The van der Waals surface area contributed by atoms with Gasteiger partial charge in [-0.05, 0) is 318 Å². The molecule has 0 unspecified atom stereocenters. The molecule has 1 heterocycles. The van der Waals surface area contributed by atoms with Gasteiger partial charge in [0.05, 0.1) is 0 Å². The first-order valence-electron chi connectivity index (χ1n) is 46.1. The lowest BCUT2D eigenvalue weighted by molar-refractivity contribution is 0.669. The van der Waals surface area contributed by atoms with E-state index in [0.29, 0.717) is 0 Å². The zero-order chi connectivity index (χ0) is 87.3. The normalized spacial score (nSPS) is 11.9. The van der Waals surface area contributed by atoms with Gasteiger partial charge in [-0.25, -0.2) is 0 Å². The Hall–Kier alpha value is -17.4. The summed E-state index contributed by atoms with van der Waals surface area (Å²) in [6.45, 7) is 0. The van der Waals surface area contributed by atoms with Crippen molar-refractivity contribution in [1.29, 1.82) is 0 Å².